The Labute approximate surface area is 164 Å². The van der Waals surface area contributed by atoms with Gasteiger partial charge in [-0.3, -0.25) is 5.41 Å². The number of halogens is 3. The van der Waals surface area contributed by atoms with Crippen molar-refractivity contribution in [1.82, 2.24) is 9.97 Å². The second-order valence-corrected chi connectivity index (χ2v) is 6.13. The molecule has 1 aromatic heterocycles. The number of ether oxygens (including phenoxy) is 1. The van der Waals surface area contributed by atoms with Crippen molar-refractivity contribution in [2.75, 3.05) is 36.5 Å². The van der Waals surface area contributed by atoms with E-state index in [1.54, 1.807) is 23.1 Å². The van der Waals surface area contributed by atoms with Gasteiger partial charge in [-0.1, -0.05) is 12.1 Å². The Hall–Kier alpha value is -3.34. The average Bonchev–Trinajstić information content (AvgIpc) is 2.70. The van der Waals surface area contributed by atoms with Crippen LogP contribution < -0.4 is 16.0 Å². The first-order chi connectivity index (χ1) is 13.8. The summed E-state index contributed by atoms with van der Waals surface area (Å²) in [7, 11) is 0. The van der Waals surface area contributed by atoms with Crippen molar-refractivity contribution in [1.29, 1.82) is 5.41 Å². The maximum Gasteiger partial charge on any atom is 0.433 e. The Kier molecular flexibility index (Phi) is 5.87. The van der Waals surface area contributed by atoms with E-state index < -0.39 is 17.5 Å². The van der Waals surface area contributed by atoms with E-state index in [2.05, 4.69) is 15.3 Å². The molecule has 5 N–H and O–H groups in total. The third kappa shape index (κ3) is 4.74. The number of nitrogens with two attached hydrogens (primary N) is 1. The lowest BCUT2D eigenvalue weighted by Gasteiger charge is -2.27. The number of allylic oxidation sites excluding steroid dienone is 1. The lowest BCUT2D eigenvalue weighted by molar-refractivity contribution is -0.0578. The second-order valence-electron chi connectivity index (χ2n) is 6.13. The molecule has 0 amide bonds. The van der Waals surface area contributed by atoms with Crippen LogP contribution in [-0.2, 0) is 4.74 Å². The van der Waals surface area contributed by atoms with Gasteiger partial charge in [0.2, 0.25) is 5.95 Å². The highest BCUT2D eigenvalue weighted by Crippen LogP contribution is 2.30. The first-order valence-corrected chi connectivity index (χ1v) is 8.65. The van der Waals surface area contributed by atoms with E-state index in [1.165, 1.54) is 12.1 Å². The molecule has 1 saturated heterocycles. The standard InChI is InChI=1S/C18H19F3N6O2/c19-18(20,21)16(23)11(10-22)13-9-15(24-12-3-1-2-4-14(12)28)26-17(25-13)27-5-7-29-8-6-27/h1-4,9-10,23,28H,5-8,22H2,(H,24,25,26). The lowest BCUT2D eigenvalue weighted by Crippen LogP contribution is -2.37. The molecule has 1 aliphatic rings. The summed E-state index contributed by atoms with van der Waals surface area (Å²) in [6, 6.07) is 7.60. The quantitative estimate of drug-likeness (QED) is 0.443. The van der Waals surface area contributed by atoms with Gasteiger partial charge in [0.15, 0.2) is 0 Å². The summed E-state index contributed by atoms with van der Waals surface area (Å²) >= 11 is 0. The second kappa shape index (κ2) is 8.35. The summed E-state index contributed by atoms with van der Waals surface area (Å²) in [5.74, 6) is 0.253. The smallest absolute Gasteiger partial charge is 0.433 e. The Bertz CT molecular complexity index is 926. The summed E-state index contributed by atoms with van der Waals surface area (Å²) in [6.45, 7) is 1.76. The number of phenols is 1. The minimum Gasteiger partial charge on any atom is -0.506 e. The molecule has 0 spiro atoms. The number of para-hydroxylation sites is 2. The van der Waals surface area contributed by atoms with E-state index in [9.17, 15) is 18.3 Å². The molecule has 1 fully saturated rings. The fourth-order valence-electron chi connectivity index (χ4n) is 2.71. The summed E-state index contributed by atoms with van der Waals surface area (Å²) in [4.78, 5) is 10.3. The highest BCUT2D eigenvalue weighted by Gasteiger charge is 2.37. The number of hydrogen-bond donors (Lipinski definition) is 4. The van der Waals surface area contributed by atoms with Crippen LogP contribution in [0.2, 0.25) is 0 Å². The van der Waals surface area contributed by atoms with Crippen molar-refractivity contribution in [2.24, 2.45) is 5.73 Å². The Morgan fingerprint density at radius 2 is 1.93 bits per heavy atom. The van der Waals surface area contributed by atoms with Gasteiger partial charge >= 0.3 is 6.18 Å². The third-order valence-corrected chi connectivity index (χ3v) is 4.17. The van der Waals surface area contributed by atoms with Crippen molar-refractivity contribution in [2.45, 2.75) is 6.18 Å². The van der Waals surface area contributed by atoms with E-state index in [0.717, 1.165) is 0 Å². The van der Waals surface area contributed by atoms with Crippen LogP contribution in [-0.4, -0.2) is 53.3 Å². The molecule has 0 atom stereocenters. The van der Waals surface area contributed by atoms with Crippen LogP contribution >= 0.6 is 0 Å². The first kappa shape index (κ1) is 20.4. The van der Waals surface area contributed by atoms with E-state index in [0.29, 0.717) is 38.2 Å². The highest BCUT2D eigenvalue weighted by atomic mass is 19.4. The molecule has 154 valence electrons. The number of hydrogen-bond acceptors (Lipinski definition) is 8. The van der Waals surface area contributed by atoms with Crippen molar-refractivity contribution < 1.29 is 23.0 Å². The minimum atomic E-state index is -4.89. The number of aromatic hydroxyl groups is 1. The predicted molar refractivity (Wildman–Crippen MR) is 102 cm³/mol. The van der Waals surface area contributed by atoms with E-state index in [-0.39, 0.29) is 23.2 Å². The molecule has 1 aliphatic heterocycles. The SMILES string of the molecule is N=C(C(=CN)c1cc(Nc2ccccc2O)nc(N2CCOCC2)n1)C(F)(F)F. The number of rotatable bonds is 5. The number of aromatic nitrogens is 2. The van der Waals surface area contributed by atoms with Crippen molar-refractivity contribution >= 4 is 28.7 Å². The van der Waals surface area contributed by atoms with Gasteiger partial charge < -0.3 is 25.8 Å². The molecule has 1 aromatic carbocycles. The summed E-state index contributed by atoms with van der Waals surface area (Å²) < 4.78 is 44.5. The van der Waals surface area contributed by atoms with Gasteiger partial charge in [-0.25, -0.2) is 4.98 Å². The van der Waals surface area contributed by atoms with E-state index >= 15 is 0 Å². The minimum absolute atomic E-state index is 0.0572. The van der Waals surface area contributed by atoms with Gasteiger partial charge in [0.1, 0.15) is 17.3 Å². The average molecular weight is 408 g/mol. The lowest BCUT2D eigenvalue weighted by atomic mass is 10.1. The summed E-state index contributed by atoms with van der Waals surface area (Å²) in [6.07, 6.45) is -4.19. The molecule has 0 unspecified atom stereocenters. The Morgan fingerprint density at radius 3 is 2.55 bits per heavy atom. The summed E-state index contributed by atoms with van der Waals surface area (Å²) in [5.41, 5.74) is 3.37. The zero-order valence-corrected chi connectivity index (χ0v) is 15.2. The topological polar surface area (TPSA) is 120 Å². The molecule has 3 rings (SSSR count). The number of nitrogens with zero attached hydrogens (tertiary/aromatic N) is 3. The third-order valence-electron chi connectivity index (χ3n) is 4.17. The molecular weight excluding hydrogens is 389 g/mol. The van der Waals surface area contributed by atoms with Crippen LogP contribution in [0.15, 0.2) is 36.5 Å². The van der Waals surface area contributed by atoms with Crippen LogP contribution in [0.5, 0.6) is 5.75 Å². The van der Waals surface area contributed by atoms with Gasteiger partial charge in [-0.15, -0.1) is 0 Å². The number of benzene rings is 1. The molecule has 0 bridgehead atoms. The van der Waals surface area contributed by atoms with Crippen LogP contribution in [0.3, 0.4) is 0 Å². The Morgan fingerprint density at radius 1 is 1.24 bits per heavy atom. The van der Waals surface area contributed by atoms with E-state index in [1.807, 2.05) is 0 Å². The predicted octanol–water partition coefficient (Wildman–Crippen LogP) is 2.64. The van der Waals surface area contributed by atoms with Crippen LogP contribution in [0.1, 0.15) is 5.69 Å². The monoisotopic (exact) mass is 408 g/mol. The number of phenolic OH excluding ortho intramolecular Hbond substituents is 1. The number of nitrogens with one attached hydrogen (secondary N) is 2. The molecule has 29 heavy (non-hydrogen) atoms. The van der Waals surface area contributed by atoms with Crippen molar-refractivity contribution in [3.05, 3.63) is 42.2 Å². The normalized spacial score (nSPS) is 15.3. The molecule has 2 aromatic rings. The largest absolute Gasteiger partial charge is 0.506 e. The Balaban J connectivity index is 2.05. The highest BCUT2D eigenvalue weighted by molar-refractivity contribution is 6.24. The van der Waals surface area contributed by atoms with Gasteiger partial charge in [0, 0.05) is 30.9 Å². The number of morpholine rings is 1. The van der Waals surface area contributed by atoms with Gasteiger partial charge in [-0.05, 0) is 12.1 Å². The van der Waals surface area contributed by atoms with Gasteiger partial charge in [-0.2, -0.15) is 18.2 Å². The molecule has 0 aliphatic carbocycles. The molecule has 8 nitrogen and oxygen atoms in total. The van der Waals surface area contributed by atoms with Gasteiger partial charge in [0.05, 0.1) is 24.6 Å². The molecule has 2 heterocycles. The number of anilines is 3. The van der Waals surface area contributed by atoms with Crippen LogP contribution in [0, 0.1) is 5.41 Å². The zero-order chi connectivity index (χ0) is 21.0. The number of alkyl halides is 3. The zero-order valence-electron chi connectivity index (χ0n) is 15.2. The van der Waals surface area contributed by atoms with Gasteiger partial charge in [0.25, 0.3) is 0 Å². The summed E-state index contributed by atoms with van der Waals surface area (Å²) in [5, 5.41) is 20.3. The van der Waals surface area contributed by atoms with Crippen molar-refractivity contribution in [3.63, 3.8) is 0 Å². The van der Waals surface area contributed by atoms with E-state index in [4.69, 9.17) is 15.9 Å². The van der Waals surface area contributed by atoms with Crippen molar-refractivity contribution in [3.8, 4) is 5.75 Å². The molecular formula is C18H19F3N6O2. The van der Waals surface area contributed by atoms with Crippen LogP contribution in [0.25, 0.3) is 5.57 Å². The maximum atomic E-state index is 13.1. The fourth-order valence-corrected chi connectivity index (χ4v) is 2.71. The molecule has 0 radical (unpaired) electrons. The maximum absolute atomic E-state index is 13.1. The first-order valence-electron chi connectivity index (χ1n) is 8.65. The fraction of sp³-hybridized carbons (Fsp3) is 0.278. The molecule has 11 heteroatoms. The molecule has 0 saturated carbocycles. The van der Waals surface area contributed by atoms with Crippen LogP contribution in [0.4, 0.5) is 30.6 Å².